The Morgan fingerprint density at radius 1 is 1.12 bits per heavy atom. The van der Waals surface area contributed by atoms with E-state index in [1.165, 1.54) is 17.1 Å². The van der Waals surface area contributed by atoms with Crippen LogP contribution in [0.5, 0.6) is 0 Å². The molecular weight excluding hydrogens is 344 g/mol. The van der Waals surface area contributed by atoms with Gasteiger partial charge in [0.05, 0.1) is 4.90 Å². The molecule has 0 saturated heterocycles. The molecule has 8 heteroatoms. The molecule has 0 radical (unpaired) electrons. The highest BCUT2D eigenvalue weighted by Gasteiger charge is 2.06. The second-order valence-corrected chi connectivity index (χ2v) is 6.81. The van der Waals surface area contributed by atoms with Crippen molar-refractivity contribution in [1.82, 2.24) is 5.01 Å². The van der Waals surface area contributed by atoms with Crippen LogP contribution < -0.4 is 5.84 Å². The summed E-state index contributed by atoms with van der Waals surface area (Å²) in [5, 5.41) is 1.54. The second kappa shape index (κ2) is 9.90. The molecule has 2 aromatic rings. The van der Waals surface area contributed by atoms with Crippen LogP contribution in [-0.2, 0) is 26.3 Å². The monoisotopic (exact) mass is 366 g/mol. The number of likely N-dealkylation sites (N-methyl/N-ethyl adjacent to an activating group) is 1. The topological polar surface area (TPSA) is 114 Å². The Morgan fingerprint density at radius 2 is 1.68 bits per heavy atom. The van der Waals surface area contributed by atoms with Gasteiger partial charge in [0.1, 0.15) is 23.3 Å². The van der Waals surface area contributed by atoms with Crippen molar-refractivity contribution in [3.8, 4) is 0 Å². The molecule has 7 nitrogen and oxygen atoms in total. The van der Waals surface area contributed by atoms with Crippen LogP contribution in [0.25, 0.3) is 0 Å². The third kappa shape index (κ3) is 8.96. The molecule has 0 amide bonds. The van der Waals surface area contributed by atoms with E-state index in [1.54, 1.807) is 19.2 Å². The van der Waals surface area contributed by atoms with Gasteiger partial charge >= 0.3 is 5.97 Å². The fourth-order valence-corrected chi connectivity index (χ4v) is 2.18. The Labute approximate surface area is 147 Å². The van der Waals surface area contributed by atoms with Crippen LogP contribution in [0.1, 0.15) is 11.1 Å². The molecule has 0 heterocycles. The molecule has 0 saturated carbocycles. The maximum atomic E-state index is 11.1. The molecule has 0 atom stereocenters. The lowest BCUT2D eigenvalue weighted by Crippen LogP contribution is -2.66. The summed E-state index contributed by atoms with van der Waals surface area (Å²) in [4.78, 5) is 10.9. The molecule has 0 spiro atoms. The fourth-order valence-electron chi connectivity index (χ4n) is 1.71. The van der Waals surface area contributed by atoms with Gasteiger partial charge in [0.15, 0.2) is 0 Å². The van der Waals surface area contributed by atoms with E-state index >= 15 is 0 Å². The standard InChI is InChI=1S/C10H14N2O2.C7H8O3S/c1-12(11)7-10(13)14-8-9-5-3-2-4-6-9;1-6-2-4-7(5-3-6)11(8,9)10/h2-6H,7-8,11H2,1H3;2-5H,1H3,(H,8,9,10). The van der Waals surface area contributed by atoms with Gasteiger partial charge in [-0.15, -0.1) is 0 Å². The number of rotatable bonds is 5. The number of aryl methyl sites for hydroxylation is 1. The zero-order chi connectivity index (χ0) is 18.9. The van der Waals surface area contributed by atoms with E-state index in [2.05, 4.69) is 5.84 Å². The number of carbonyl (C=O) groups excluding carboxylic acids is 1. The van der Waals surface area contributed by atoms with Gasteiger partial charge in [-0.1, -0.05) is 48.0 Å². The zero-order valence-corrected chi connectivity index (χ0v) is 15.0. The van der Waals surface area contributed by atoms with Gasteiger partial charge in [-0.2, -0.15) is 5.01 Å². The van der Waals surface area contributed by atoms with E-state index < -0.39 is 10.1 Å². The fraction of sp³-hybridized carbons (Fsp3) is 0.235. The normalized spacial score (nSPS) is 10.8. The Kier molecular flexibility index (Phi) is 8.23. The number of quaternary nitrogens is 1. The van der Waals surface area contributed by atoms with Crippen molar-refractivity contribution < 1.29 is 28.3 Å². The summed E-state index contributed by atoms with van der Waals surface area (Å²) < 4.78 is 36.2. The number of hydrogen-bond donors (Lipinski definition) is 1. The first-order chi connectivity index (χ1) is 11.7. The van der Waals surface area contributed by atoms with E-state index in [9.17, 15) is 17.8 Å². The van der Waals surface area contributed by atoms with E-state index in [-0.39, 0.29) is 17.4 Å². The van der Waals surface area contributed by atoms with Crippen molar-refractivity contribution in [2.45, 2.75) is 18.4 Å². The van der Waals surface area contributed by atoms with Gasteiger partial charge in [0.2, 0.25) is 0 Å². The van der Waals surface area contributed by atoms with Crippen molar-refractivity contribution in [3.63, 3.8) is 0 Å². The Balaban J connectivity index is 0.000000257. The van der Waals surface area contributed by atoms with E-state index in [0.29, 0.717) is 6.61 Å². The van der Waals surface area contributed by atoms with Crippen molar-refractivity contribution in [2.75, 3.05) is 13.6 Å². The molecular formula is C17H22N2O5S. The van der Waals surface area contributed by atoms with Crippen LogP contribution in [0.3, 0.4) is 0 Å². The average Bonchev–Trinajstić information content (AvgIpc) is 2.53. The first-order valence-electron chi connectivity index (χ1n) is 7.42. The number of carbonyl (C=O) groups is 1. The molecule has 2 aromatic carbocycles. The minimum atomic E-state index is -4.27. The SMILES string of the molecule is CN([NH3+])CC(=O)OCc1ccccc1.Cc1ccc(S(=O)(=O)[O-])cc1. The summed E-state index contributed by atoms with van der Waals surface area (Å²) >= 11 is 0. The van der Waals surface area contributed by atoms with E-state index in [4.69, 9.17) is 4.74 Å². The van der Waals surface area contributed by atoms with Gasteiger partial charge in [0.25, 0.3) is 0 Å². The average molecular weight is 366 g/mol. The van der Waals surface area contributed by atoms with Gasteiger partial charge in [-0.25, -0.2) is 8.42 Å². The summed E-state index contributed by atoms with van der Waals surface area (Å²) in [6.45, 7) is 2.36. The van der Waals surface area contributed by atoms with Gasteiger partial charge in [-0.05, 0) is 24.6 Å². The van der Waals surface area contributed by atoms with Crippen LogP contribution in [-0.4, -0.2) is 37.5 Å². The Hall–Kier alpha value is -2.26. The summed E-state index contributed by atoms with van der Waals surface area (Å²) in [6, 6.07) is 15.4. The van der Waals surface area contributed by atoms with Crippen LogP contribution in [0.2, 0.25) is 0 Å². The van der Waals surface area contributed by atoms with E-state index in [1.807, 2.05) is 37.3 Å². The van der Waals surface area contributed by atoms with Gasteiger partial charge in [0, 0.05) is 7.05 Å². The lowest BCUT2D eigenvalue weighted by molar-refractivity contribution is -0.563. The third-order valence-corrected chi connectivity index (χ3v) is 3.80. The number of esters is 1. The number of ether oxygens (including phenoxy) is 1. The molecule has 0 aromatic heterocycles. The molecule has 136 valence electrons. The molecule has 3 N–H and O–H groups in total. The smallest absolute Gasteiger partial charge is 0.325 e. The number of benzene rings is 2. The maximum absolute atomic E-state index is 11.1. The lowest BCUT2D eigenvalue weighted by Gasteiger charge is -2.06. The molecule has 0 aliphatic rings. The molecule has 0 unspecified atom stereocenters. The largest absolute Gasteiger partial charge is 0.744 e. The minimum Gasteiger partial charge on any atom is -0.744 e. The maximum Gasteiger partial charge on any atom is 0.325 e. The summed E-state index contributed by atoms with van der Waals surface area (Å²) in [5.41, 5.74) is 1.92. The Morgan fingerprint density at radius 3 is 2.16 bits per heavy atom. The highest BCUT2D eigenvalue weighted by Crippen LogP contribution is 2.08. The van der Waals surface area contributed by atoms with Crippen molar-refractivity contribution in [3.05, 3.63) is 65.7 Å². The van der Waals surface area contributed by atoms with Crippen LogP contribution in [0.15, 0.2) is 59.5 Å². The first-order valence-corrected chi connectivity index (χ1v) is 8.83. The molecule has 0 bridgehead atoms. The zero-order valence-electron chi connectivity index (χ0n) is 14.2. The van der Waals surface area contributed by atoms with Crippen LogP contribution in [0, 0.1) is 6.92 Å². The summed E-state index contributed by atoms with van der Waals surface area (Å²) in [5.74, 6) is 3.31. The lowest BCUT2D eigenvalue weighted by atomic mass is 10.2. The van der Waals surface area contributed by atoms with Crippen LogP contribution >= 0.6 is 0 Å². The molecule has 0 fully saturated rings. The molecule has 2 rings (SSSR count). The van der Waals surface area contributed by atoms with Crippen molar-refractivity contribution >= 4 is 16.1 Å². The van der Waals surface area contributed by atoms with Crippen molar-refractivity contribution in [2.24, 2.45) is 0 Å². The molecule has 0 aliphatic carbocycles. The van der Waals surface area contributed by atoms with Crippen LogP contribution in [0.4, 0.5) is 0 Å². The minimum absolute atomic E-state index is 0.178. The summed E-state index contributed by atoms with van der Waals surface area (Å²) in [7, 11) is -2.54. The van der Waals surface area contributed by atoms with E-state index in [0.717, 1.165) is 11.1 Å². The highest BCUT2D eigenvalue weighted by molar-refractivity contribution is 7.85. The van der Waals surface area contributed by atoms with Crippen molar-refractivity contribution in [1.29, 1.82) is 0 Å². The number of nitrogens with zero attached hydrogens (tertiary/aromatic N) is 1. The molecule has 0 aliphatic heterocycles. The first kappa shape index (κ1) is 20.8. The predicted octanol–water partition coefficient (Wildman–Crippen LogP) is 0.718. The quantitative estimate of drug-likeness (QED) is 0.474. The van der Waals surface area contributed by atoms with Gasteiger partial charge in [-0.3, -0.25) is 10.6 Å². The van der Waals surface area contributed by atoms with Gasteiger partial charge < -0.3 is 9.29 Å². The molecule has 25 heavy (non-hydrogen) atoms. The predicted molar refractivity (Wildman–Crippen MR) is 90.9 cm³/mol. The number of hydrogen-bond acceptors (Lipinski definition) is 6. The Bertz CT molecular complexity index is 759. The third-order valence-electron chi connectivity index (χ3n) is 2.95. The second-order valence-electron chi connectivity index (χ2n) is 5.43. The summed E-state index contributed by atoms with van der Waals surface area (Å²) in [6.07, 6.45) is 0. The highest BCUT2D eigenvalue weighted by atomic mass is 32.2.